The van der Waals surface area contributed by atoms with Crippen LogP contribution in [0.4, 0.5) is 0 Å². The summed E-state index contributed by atoms with van der Waals surface area (Å²) in [4.78, 5) is 15.6. The van der Waals surface area contributed by atoms with E-state index in [-0.39, 0.29) is 5.97 Å². The average Bonchev–Trinajstić information content (AvgIpc) is 2.37. The molecule has 1 aromatic carbocycles. The highest BCUT2D eigenvalue weighted by Crippen LogP contribution is 2.19. The van der Waals surface area contributed by atoms with Gasteiger partial charge in [0.2, 0.25) is 0 Å². The van der Waals surface area contributed by atoms with Gasteiger partial charge < -0.3 is 4.74 Å². The number of allylic oxidation sites excluding steroid dienone is 1. The normalized spacial score (nSPS) is 11.6. The Morgan fingerprint density at radius 3 is 2.83 bits per heavy atom. The predicted molar refractivity (Wildman–Crippen MR) is 72.1 cm³/mol. The molecule has 0 amide bonds. The maximum absolute atomic E-state index is 11.2. The van der Waals surface area contributed by atoms with Gasteiger partial charge >= 0.3 is 5.97 Å². The van der Waals surface area contributed by atoms with Gasteiger partial charge in [-0.15, -0.1) is 0 Å². The molecule has 1 heterocycles. The summed E-state index contributed by atoms with van der Waals surface area (Å²) < 4.78 is 4.61. The molecule has 0 aliphatic carbocycles. The van der Waals surface area contributed by atoms with Gasteiger partial charge in [-0.1, -0.05) is 11.6 Å². The summed E-state index contributed by atoms with van der Waals surface area (Å²) in [5.41, 5.74) is 3.92. The second-order valence-corrected chi connectivity index (χ2v) is 4.27. The zero-order valence-corrected chi connectivity index (χ0v) is 10.7. The summed E-state index contributed by atoms with van der Waals surface area (Å²) in [6, 6.07) is 8.14. The maximum Gasteiger partial charge on any atom is 0.330 e. The molecule has 0 aliphatic rings. The van der Waals surface area contributed by atoms with Crippen molar-refractivity contribution in [2.24, 2.45) is 0 Å². The van der Waals surface area contributed by atoms with Crippen molar-refractivity contribution in [3.63, 3.8) is 0 Å². The Labute approximate surface area is 106 Å². The molecule has 0 spiro atoms. The topological polar surface area (TPSA) is 39.2 Å². The van der Waals surface area contributed by atoms with E-state index in [1.165, 1.54) is 18.7 Å². The molecule has 2 aromatic rings. The van der Waals surface area contributed by atoms with E-state index < -0.39 is 0 Å². The highest BCUT2D eigenvalue weighted by molar-refractivity contribution is 5.92. The lowest BCUT2D eigenvalue weighted by Crippen LogP contribution is -1.96. The third-order valence-corrected chi connectivity index (χ3v) is 2.83. The fourth-order valence-corrected chi connectivity index (χ4v) is 1.79. The highest BCUT2D eigenvalue weighted by Gasteiger charge is 2.02. The van der Waals surface area contributed by atoms with E-state index in [1.807, 2.05) is 32.0 Å². The van der Waals surface area contributed by atoms with Gasteiger partial charge in [0.05, 0.1) is 12.6 Å². The fourth-order valence-electron chi connectivity index (χ4n) is 1.79. The first kappa shape index (κ1) is 12.3. The number of ether oxygens (including phenoxy) is 1. The van der Waals surface area contributed by atoms with Crippen LogP contribution in [0, 0.1) is 6.92 Å². The number of pyridine rings is 1. The number of aryl methyl sites for hydroxylation is 1. The van der Waals surface area contributed by atoms with Gasteiger partial charge in [0.25, 0.3) is 0 Å². The minimum absolute atomic E-state index is 0.350. The number of carbonyl (C=O) groups is 1. The van der Waals surface area contributed by atoms with E-state index in [1.54, 1.807) is 6.20 Å². The molecule has 92 valence electrons. The second kappa shape index (κ2) is 5.00. The lowest BCUT2D eigenvalue weighted by Gasteiger charge is -2.04. The van der Waals surface area contributed by atoms with E-state index >= 15 is 0 Å². The molecule has 0 unspecified atom stereocenters. The van der Waals surface area contributed by atoms with Crippen LogP contribution in [0.5, 0.6) is 0 Å². The number of aromatic nitrogens is 1. The minimum atomic E-state index is -0.350. The number of benzene rings is 1. The standard InChI is InChI=1S/C15H15NO2/c1-10-4-5-14-12(6-10)8-13(9-16-14)11(2)7-15(17)18-3/h4-9H,1-3H3/b11-7+. The summed E-state index contributed by atoms with van der Waals surface area (Å²) in [5, 5.41) is 1.07. The smallest absolute Gasteiger partial charge is 0.330 e. The Hall–Kier alpha value is -2.16. The molecule has 18 heavy (non-hydrogen) atoms. The number of carbonyl (C=O) groups excluding carboxylic acids is 1. The van der Waals surface area contributed by atoms with Gasteiger partial charge in [0, 0.05) is 17.7 Å². The summed E-state index contributed by atoms with van der Waals surface area (Å²) >= 11 is 0. The van der Waals surface area contributed by atoms with Crippen LogP contribution in [-0.2, 0) is 9.53 Å². The zero-order valence-electron chi connectivity index (χ0n) is 10.7. The van der Waals surface area contributed by atoms with Crippen LogP contribution < -0.4 is 0 Å². The molecule has 2 rings (SSSR count). The van der Waals surface area contributed by atoms with Crippen molar-refractivity contribution < 1.29 is 9.53 Å². The van der Waals surface area contributed by atoms with Crippen LogP contribution in [0.2, 0.25) is 0 Å². The Kier molecular flexibility index (Phi) is 3.42. The Morgan fingerprint density at radius 2 is 2.11 bits per heavy atom. The predicted octanol–water partition coefficient (Wildman–Crippen LogP) is 3.12. The lowest BCUT2D eigenvalue weighted by atomic mass is 10.1. The van der Waals surface area contributed by atoms with E-state index in [0.717, 1.165) is 22.0 Å². The highest BCUT2D eigenvalue weighted by atomic mass is 16.5. The molecule has 3 nitrogen and oxygen atoms in total. The number of hydrogen-bond donors (Lipinski definition) is 0. The molecular weight excluding hydrogens is 226 g/mol. The minimum Gasteiger partial charge on any atom is -0.466 e. The van der Waals surface area contributed by atoms with E-state index in [4.69, 9.17) is 0 Å². The van der Waals surface area contributed by atoms with Gasteiger partial charge in [-0.25, -0.2) is 4.79 Å². The van der Waals surface area contributed by atoms with Gasteiger partial charge in [-0.2, -0.15) is 0 Å². The fraction of sp³-hybridized carbons (Fsp3) is 0.200. The zero-order chi connectivity index (χ0) is 13.1. The Morgan fingerprint density at radius 1 is 1.33 bits per heavy atom. The molecule has 1 aromatic heterocycles. The first-order valence-corrected chi connectivity index (χ1v) is 5.73. The third-order valence-electron chi connectivity index (χ3n) is 2.83. The average molecular weight is 241 g/mol. The van der Waals surface area contributed by atoms with E-state index in [9.17, 15) is 4.79 Å². The molecule has 0 saturated heterocycles. The summed E-state index contributed by atoms with van der Waals surface area (Å²) in [7, 11) is 1.37. The van der Waals surface area contributed by atoms with Crippen molar-refractivity contribution in [3.8, 4) is 0 Å². The second-order valence-electron chi connectivity index (χ2n) is 4.27. The van der Waals surface area contributed by atoms with Crippen molar-refractivity contribution in [2.45, 2.75) is 13.8 Å². The molecule has 0 N–H and O–H groups in total. The number of fused-ring (bicyclic) bond motifs is 1. The number of rotatable bonds is 2. The van der Waals surface area contributed by atoms with Crippen LogP contribution in [-0.4, -0.2) is 18.1 Å². The van der Waals surface area contributed by atoms with Gasteiger partial charge in [0.15, 0.2) is 0 Å². The lowest BCUT2D eigenvalue weighted by molar-refractivity contribution is -0.134. The summed E-state index contributed by atoms with van der Waals surface area (Å²) in [6.07, 6.45) is 3.24. The van der Waals surface area contributed by atoms with Gasteiger partial charge in [-0.3, -0.25) is 4.98 Å². The molecular formula is C15H15NO2. The van der Waals surface area contributed by atoms with Gasteiger partial charge in [0.1, 0.15) is 0 Å². The van der Waals surface area contributed by atoms with Crippen LogP contribution in [0.1, 0.15) is 18.1 Å². The van der Waals surface area contributed by atoms with Crippen molar-refractivity contribution >= 4 is 22.4 Å². The van der Waals surface area contributed by atoms with Crippen molar-refractivity contribution in [1.29, 1.82) is 0 Å². The molecule has 0 aliphatic heterocycles. The third kappa shape index (κ3) is 2.56. The van der Waals surface area contributed by atoms with Crippen molar-refractivity contribution in [1.82, 2.24) is 4.98 Å². The molecule has 0 radical (unpaired) electrons. The largest absolute Gasteiger partial charge is 0.466 e. The van der Waals surface area contributed by atoms with Crippen LogP contribution in [0.3, 0.4) is 0 Å². The molecule has 0 atom stereocenters. The number of esters is 1. The first-order valence-electron chi connectivity index (χ1n) is 5.73. The van der Waals surface area contributed by atoms with Crippen molar-refractivity contribution in [2.75, 3.05) is 7.11 Å². The van der Waals surface area contributed by atoms with E-state index in [2.05, 4.69) is 15.8 Å². The van der Waals surface area contributed by atoms with Crippen LogP contribution in [0.15, 0.2) is 36.5 Å². The molecule has 0 saturated carbocycles. The molecule has 0 fully saturated rings. The van der Waals surface area contributed by atoms with Crippen LogP contribution in [0.25, 0.3) is 16.5 Å². The summed E-state index contributed by atoms with van der Waals surface area (Å²) in [6.45, 7) is 3.92. The molecule has 0 bridgehead atoms. The number of hydrogen-bond acceptors (Lipinski definition) is 3. The first-order chi connectivity index (χ1) is 8.60. The van der Waals surface area contributed by atoms with E-state index in [0.29, 0.717) is 0 Å². The maximum atomic E-state index is 11.2. The quantitative estimate of drug-likeness (QED) is 0.599. The summed E-state index contributed by atoms with van der Waals surface area (Å²) in [5.74, 6) is -0.350. The Balaban J connectivity index is 2.46. The van der Waals surface area contributed by atoms with Crippen LogP contribution >= 0.6 is 0 Å². The number of nitrogens with zero attached hydrogens (tertiary/aromatic N) is 1. The van der Waals surface area contributed by atoms with Gasteiger partial charge in [-0.05, 0) is 43.2 Å². The Bertz CT molecular complexity index is 629. The van der Waals surface area contributed by atoms with Crippen molar-refractivity contribution in [3.05, 3.63) is 47.7 Å². The number of methoxy groups -OCH3 is 1. The SMILES string of the molecule is COC(=O)/C=C(\C)c1cnc2ccc(C)cc2c1. The molecule has 3 heteroatoms. The monoisotopic (exact) mass is 241 g/mol.